The highest BCUT2D eigenvalue weighted by Crippen LogP contribution is 2.33. The van der Waals surface area contributed by atoms with Crippen molar-refractivity contribution in [2.24, 2.45) is 0 Å². The van der Waals surface area contributed by atoms with Crippen LogP contribution in [-0.2, 0) is 14.9 Å². The van der Waals surface area contributed by atoms with Crippen molar-refractivity contribution in [3.63, 3.8) is 0 Å². The first-order chi connectivity index (χ1) is 11.8. The molecule has 25 heavy (non-hydrogen) atoms. The van der Waals surface area contributed by atoms with E-state index in [9.17, 15) is 4.79 Å². The lowest BCUT2D eigenvalue weighted by Gasteiger charge is -2.33. The van der Waals surface area contributed by atoms with Gasteiger partial charge >= 0.3 is 0 Å². The van der Waals surface area contributed by atoms with Crippen LogP contribution in [0.1, 0.15) is 57.7 Å². The predicted molar refractivity (Wildman–Crippen MR) is 101 cm³/mol. The number of amides is 1. The van der Waals surface area contributed by atoms with Gasteiger partial charge in [-0.1, -0.05) is 45.0 Å². The van der Waals surface area contributed by atoms with Gasteiger partial charge in [-0.3, -0.25) is 9.69 Å². The third kappa shape index (κ3) is 4.42. The predicted octanol–water partition coefficient (Wildman–Crippen LogP) is 3.37. The second-order valence-electron chi connectivity index (χ2n) is 8.53. The largest absolute Gasteiger partial charge is 0.376 e. The molecule has 1 aromatic carbocycles. The van der Waals surface area contributed by atoms with Gasteiger partial charge < -0.3 is 9.64 Å². The molecule has 4 heteroatoms. The van der Waals surface area contributed by atoms with Crippen LogP contribution in [0.3, 0.4) is 0 Å². The van der Waals surface area contributed by atoms with Gasteiger partial charge in [-0.05, 0) is 36.3 Å². The van der Waals surface area contributed by atoms with Crippen LogP contribution >= 0.6 is 0 Å². The topological polar surface area (TPSA) is 32.8 Å². The number of carbonyl (C=O) groups excluding carboxylic acids is 1. The lowest BCUT2D eigenvalue weighted by molar-refractivity contribution is -0.135. The molecular formula is C21H32N2O2. The molecule has 2 fully saturated rings. The van der Waals surface area contributed by atoms with Gasteiger partial charge in [0.15, 0.2) is 0 Å². The second-order valence-corrected chi connectivity index (χ2v) is 8.53. The molecule has 0 unspecified atom stereocenters. The van der Waals surface area contributed by atoms with Crippen molar-refractivity contribution in [1.29, 1.82) is 0 Å². The number of benzene rings is 1. The minimum atomic E-state index is 0.163. The molecule has 2 aliphatic heterocycles. The number of rotatable bonds is 3. The fourth-order valence-electron chi connectivity index (χ4n) is 3.93. The van der Waals surface area contributed by atoms with Gasteiger partial charge in [-0.2, -0.15) is 0 Å². The Kier molecular flexibility index (Phi) is 5.49. The van der Waals surface area contributed by atoms with Crippen molar-refractivity contribution < 1.29 is 9.53 Å². The molecular weight excluding hydrogens is 312 g/mol. The molecule has 2 aliphatic rings. The van der Waals surface area contributed by atoms with Crippen molar-refractivity contribution in [3.05, 3.63) is 35.4 Å². The Morgan fingerprint density at radius 1 is 1.20 bits per heavy atom. The highest BCUT2D eigenvalue weighted by Gasteiger charge is 2.31. The van der Waals surface area contributed by atoms with Crippen LogP contribution in [0.2, 0.25) is 0 Å². The number of hydrogen-bond donors (Lipinski definition) is 0. The van der Waals surface area contributed by atoms with Crippen molar-refractivity contribution in [2.45, 2.75) is 58.1 Å². The molecule has 2 saturated heterocycles. The normalized spacial score (nSPS) is 25.4. The molecule has 0 radical (unpaired) electrons. The van der Waals surface area contributed by atoms with Gasteiger partial charge in [-0.25, -0.2) is 0 Å². The van der Waals surface area contributed by atoms with Crippen LogP contribution in [0.15, 0.2) is 24.3 Å². The minimum absolute atomic E-state index is 0.163. The van der Waals surface area contributed by atoms with E-state index in [0.29, 0.717) is 6.54 Å². The standard InChI is InChI=1S/C21H32N2O2/c1-16-14-22(12-13-25-16)15-20(24)23-11-5-6-19(23)17-7-9-18(10-8-17)21(2,3)4/h7-10,16,19H,5-6,11-15H2,1-4H3/t16-,19-/m0/s1. The van der Waals surface area contributed by atoms with E-state index < -0.39 is 0 Å². The first kappa shape index (κ1) is 18.4. The lowest BCUT2D eigenvalue weighted by Crippen LogP contribution is -2.47. The first-order valence-electron chi connectivity index (χ1n) is 9.58. The van der Waals surface area contributed by atoms with Crippen molar-refractivity contribution in [1.82, 2.24) is 9.80 Å². The number of likely N-dealkylation sites (tertiary alicyclic amines) is 1. The highest BCUT2D eigenvalue weighted by atomic mass is 16.5. The summed E-state index contributed by atoms with van der Waals surface area (Å²) in [6, 6.07) is 9.11. The maximum atomic E-state index is 12.9. The Morgan fingerprint density at radius 3 is 2.56 bits per heavy atom. The summed E-state index contributed by atoms with van der Waals surface area (Å²) in [6.45, 7) is 12.6. The number of morpholine rings is 1. The summed E-state index contributed by atoms with van der Waals surface area (Å²) in [4.78, 5) is 17.2. The van der Waals surface area contributed by atoms with E-state index in [-0.39, 0.29) is 23.5 Å². The first-order valence-corrected chi connectivity index (χ1v) is 9.58. The second kappa shape index (κ2) is 7.46. The Hall–Kier alpha value is -1.39. The van der Waals surface area contributed by atoms with Crippen molar-refractivity contribution in [2.75, 3.05) is 32.8 Å². The molecule has 138 valence electrons. The summed E-state index contributed by atoms with van der Waals surface area (Å²) >= 11 is 0. The average molecular weight is 344 g/mol. The van der Waals surface area contributed by atoms with Gasteiger partial charge in [0.1, 0.15) is 0 Å². The Balaban J connectivity index is 1.66. The maximum Gasteiger partial charge on any atom is 0.237 e. The van der Waals surface area contributed by atoms with Gasteiger partial charge in [0.2, 0.25) is 5.91 Å². The molecule has 0 aromatic heterocycles. The molecule has 2 atom stereocenters. The smallest absolute Gasteiger partial charge is 0.237 e. The van der Waals surface area contributed by atoms with E-state index in [4.69, 9.17) is 4.74 Å². The van der Waals surface area contributed by atoms with Gasteiger partial charge in [-0.15, -0.1) is 0 Å². The van der Waals surface area contributed by atoms with Gasteiger partial charge in [0.05, 0.1) is 25.3 Å². The number of carbonyl (C=O) groups is 1. The van der Waals surface area contributed by atoms with E-state index in [1.807, 2.05) is 0 Å². The van der Waals surface area contributed by atoms with Crippen LogP contribution in [0.4, 0.5) is 0 Å². The van der Waals surface area contributed by atoms with E-state index >= 15 is 0 Å². The molecule has 0 aliphatic carbocycles. The molecule has 1 amide bonds. The Labute approximate surface area is 152 Å². The van der Waals surface area contributed by atoms with Crippen LogP contribution in [0, 0.1) is 0 Å². The molecule has 0 saturated carbocycles. The molecule has 4 nitrogen and oxygen atoms in total. The molecule has 2 heterocycles. The fraction of sp³-hybridized carbons (Fsp3) is 0.667. The third-order valence-corrected chi connectivity index (χ3v) is 5.42. The third-order valence-electron chi connectivity index (χ3n) is 5.42. The Morgan fingerprint density at radius 2 is 1.92 bits per heavy atom. The summed E-state index contributed by atoms with van der Waals surface area (Å²) in [7, 11) is 0. The lowest BCUT2D eigenvalue weighted by atomic mass is 9.86. The van der Waals surface area contributed by atoms with Crippen LogP contribution in [0.25, 0.3) is 0 Å². The quantitative estimate of drug-likeness (QED) is 0.843. The average Bonchev–Trinajstić information content (AvgIpc) is 3.04. The number of ether oxygens (including phenoxy) is 1. The zero-order valence-corrected chi connectivity index (χ0v) is 16.1. The molecule has 0 bridgehead atoms. The van der Waals surface area contributed by atoms with Crippen LogP contribution in [-0.4, -0.2) is 54.6 Å². The monoisotopic (exact) mass is 344 g/mol. The maximum absolute atomic E-state index is 12.9. The molecule has 1 aromatic rings. The van der Waals surface area contributed by atoms with Crippen LogP contribution < -0.4 is 0 Å². The number of hydrogen-bond acceptors (Lipinski definition) is 3. The van der Waals surface area contributed by atoms with Crippen LogP contribution in [0.5, 0.6) is 0 Å². The molecule has 0 N–H and O–H groups in total. The van der Waals surface area contributed by atoms with E-state index in [2.05, 4.69) is 61.8 Å². The van der Waals surface area contributed by atoms with E-state index in [0.717, 1.165) is 39.1 Å². The SMILES string of the molecule is C[C@H]1CN(CC(=O)N2CCC[C@H]2c2ccc(C(C)(C)C)cc2)CCO1. The zero-order chi connectivity index (χ0) is 18.0. The number of nitrogens with zero attached hydrogens (tertiary/aromatic N) is 2. The summed E-state index contributed by atoms with van der Waals surface area (Å²) in [6.07, 6.45) is 2.39. The van der Waals surface area contributed by atoms with E-state index in [1.165, 1.54) is 11.1 Å². The van der Waals surface area contributed by atoms with E-state index in [1.54, 1.807) is 0 Å². The summed E-state index contributed by atoms with van der Waals surface area (Å²) in [5, 5.41) is 0. The van der Waals surface area contributed by atoms with Gasteiger partial charge in [0.25, 0.3) is 0 Å². The van der Waals surface area contributed by atoms with Crippen molar-refractivity contribution in [3.8, 4) is 0 Å². The summed E-state index contributed by atoms with van der Waals surface area (Å²) in [5.74, 6) is 0.261. The Bertz CT molecular complexity index is 591. The highest BCUT2D eigenvalue weighted by molar-refractivity contribution is 5.79. The molecule has 3 rings (SSSR count). The van der Waals surface area contributed by atoms with Gasteiger partial charge in [0, 0.05) is 19.6 Å². The molecule has 0 spiro atoms. The fourth-order valence-corrected chi connectivity index (χ4v) is 3.93. The summed E-state index contributed by atoms with van der Waals surface area (Å²) in [5.41, 5.74) is 2.78. The minimum Gasteiger partial charge on any atom is -0.376 e. The summed E-state index contributed by atoms with van der Waals surface area (Å²) < 4.78 is 5.58. The zero-order valence-electron chi connectivity index (χ0n) is 16.1. The van der Waals surface area contributed by atoms with Crippen molar-refractivity contribution >= 4 is 5.91 Å².